The summed E-state index contributed by atoms with van der Waals surface area (Å²) in [6.45, 7) is 0.454. The van der Waals surface area contributed by atoms with E-state index in [1.807, 2.05) is 30.3 Å². The van der Waals surface area contributed by atoms with Gasteiger partial charge in [-0.05, 0) is 49.6 Å². The van der Waals surface area contributed by atoms with Gasteiger partial charge in [0, 0.05) is 23.7 Å². The Morgan fingerprint density at radius 2 is 1.74 bits per heavy atom. The van der Waals surface area contributed by atoms with E-state index in [-0.39, 0.29) is 5.97 Å². The summed E-state index contributed by atoms with van der Waals surface area (Å²) in [4.78, 5) is 15.9. The summed E-state index contributed by atoms with van der Waals surface area (Å²) in [5.74, 6) is 0.909. The quantitative estimate of drug-likeness (QED) is 0.194. The zero-order valence-corrected chi connectivity index (χ0v) is 19.2. The summed E-state index contributed by atoms with van der Waals surface area (Å²) >= 11 is 0. The standard InChI is InChI=1S/C27H25F3N2O3/c1-34-25(33)13-6-3-7-16-35-22-14-15-23-24(18-22)32(26(31-23)19-9-4-2-5-10-19)21-12-8-11-20(17-21)27(28,29)30/h2,4-5,8-12,14-15,17-18H,3,6-7,13,16H2,1H3. The molecule has 0 fully saturated rings. The van der Waals surface area contributed by atoms with Crippen molar-refractivity contribution in [1.82, 2.24) is 9.55 Å². The monoisotopic (exact) mass is 482 g/mol. The summed E-state index contributed by atoms with van der Waals surface area (Å²) in [7, 11) is 1.37. The van der Waals surface area contributed by atoms with Crippen LogP contribution in [0.15, 0.2) is 72.8 Å². The number of nitrogens with zero attached hydrogens (tertiary/aromatic N) is 2. The number of alkyl halides is 3. The average Bonchev–Trinajstić information content (AvgIpc) is 3.25. The zero-order chi connectivity index (χ0) is 24.8. The molecule has 0 aliphatic heterocycles. The van der Waals surface area contributed by atoms with Gasteiger partial charge in [-0.3, -0.25) is 9.36 Å². The first-order valence-corrected chi connectivity index (χ1v) is 11.3. The number of fused-ring (bicyclic) bond motifs is 1. The molecule has 0 aliphatic carbocycles. The molecule has 4 rings (SSSR count). The lowest BCUT2D eigenvalue weighted by Crippen LogP contribution is -2.06. The van der Waals surface area contributed by atoms with Crippen LogP contribution in [0.3, 0.4) is 0 Å². The molecule has 1 aromatic heterocycles. The van der Waals surface area contributed by atoms with Crippen LogP contribution in [0.4, 0.5) is 13.2 Å². The lowest BCUT2D eigenvalue weighted by atomic mass is 10.1. The predicted octanol–water partition coefficient (Wildman–Crippen LogP) is 6.82. The average molecular weight is 483 g/mol. The number of esters is 1. The lowest BCUT2D eigenvalue weighted by molar-refractivity contribution is -0.140. The maximum absolute atomic E-state index is 13.4. The number of ether oxygens (including phenoxy) is 2. The third kappa shape index (κ3) is 5.82. The number of hydrogen-bond donors (Lipinski definition) is 0. The second-order valence-electron chi connectivity index (χ2n) is 8.07. The summed E-state index contributed by atoms with van der Waals surface area (Å²) in [5, 5.41) is 0. The Morgan fingerprint density at radius 3 is 2.49 bits per heavy atom. The van der Waals surface area contributed by atoms with E-state index >= 15 is 0 Å². The van der Waals surface area contributed by atoms with E-state index in [2.05, 4.69) is 4.74 Å². The highest BCUT2D eigenvalue weighted by Crippen LogP contribution is 2.34. The Balaban J connectivity index is 1.65. The first kappa shape index (κ1) is 24.3. The molecule has 182 valence electrons. The Hall–Kier alpha value is -3.81. The fourth-order valence-corrected chi connectivity index (χ4v) is 3.85. The summed E-state index contributed by atoms with van der Waals surface area (Å²) in [6, 6.07) is 20.0. The van der Waals surface area contributed by atoms with Gasteiger partial charge in [0.15, 0.2) is 0 Å². The van der Waals surface area contributed by atoms with Gasteiger partial charge in [-0.15, -0.1) is 0 Å². The molecule has 3 aromatic carbocycles. The molecule has 0 aliphatic rings. The van der Waals surface area contributed by atoms with E-state index in [0.717, 1.165) is 37.0 Å². The van der Waals surface area contributed by atoms with Crippen molar-refractivity contribution in [2.45, 2.75) is 31.9 Å². The van der Waals surface area contributed by atoms with E-state index in [1.165, 1.54) is 13.2 Å². The number of unbranched alkanes of at least 4 members (excludes halogenated alkanes) is 2. The molecule has 0 bridgehead atoms. The van der Waals surface area contributed by atoms with Gasteiger partial charge < -0.3 is 9.47 Å². The number of aromatic nitrogens is 2. The summed E-state index contributed by atoms with van der Waals surface area (Å²) in [5.41, 5.74) is 1.71. The molecule has 35 heavy (non-hydrogen) atoms. The van der Waals surface area contributed by atoms with Crippen LogP contribution >= 0.6 is 0 Å². The third-order valence-corrected chi connectivity index (χ3v) is 5.61. The lowest BCUT2D eigenvalue weighted by Gasteiger charge is -2.13. The topological polar surface area (TPSA) is 53.4 Å². The van der Waals surface area contributed by atoms with Crippen LogP contribution in [-0.2, 0) is 15.7 Å². The number of halogens is 3. The zero-order valence-electron chi connectivity index (χ0n) is 19.2. The van der Waals surface area contributed by atoms with Gasteiger partial charge in [0.05, 0.1) is 30.3 Å². The highest BCUT2D eigenvalue weighted by Gasteiger charge is 2.31. The van der Waals surface area contributed by atoms with Crippen LogP contribution in [0.1, 0.15) is 31.2 Å². The minimum atomic E-state index is -4.46. The van der Waals surface area contributed by atoms with Crippen molar-refractivity contribution in [3.05, 3.63) is 78.4 Å². The summed E-state index contributed by atoms with van der Waals surface area (Å²) < 4.78 is 52.6. The van der Waals surface area contributed by atoms with Crippen molar-refractivity contribution < 1.29 is 27.4 Å². The van der Waals surface area contributed by atoms with Gasteiger partial charge in [0.25, 0.3) is 0 Å². The Morgan fingerprint density at radius 1 is 0.943 bits per heavy atom. The Kier molecular flexibility index (Phi) is 7.39. The van der Waals surface area contributed by atoms with Crippen LogP contribution in [0.2, 0.25) is 0 Å². The molecular formula is C27H25F3N2O3. The normalized spacial score (nSPS) is 11.5. The molecular weight excluding hydrogens is 457 g/mol. The molecule has 0 saturated heterocycles. The van der Waals surface area contributed by atoms with Crippen molar-refractivity contribution in [2.75, 3.05) is 13.7 Å². The van der Waals surface area contributed by atoms with E-state index < -0.39 is 11.7 Å². The third-order valence-electron chi connectivity index (χ3n) is 5.61. The molecule has 5 nitrogen and oxygen atoms in total. The number of hydrogen-bond acceptors (Lipinski definition) is 4. The molecule has 0 saturated carbocycles. The molecule has 4 aromatic rings. The second kappa shape index (κ2) is 10.6. The van der Waals surface area contributed by atoms with Crippen LogP contribution < -0.4 is 4.74 Å². The molecule has 0 radical (unpaired) electrons. The molecule has 1 heterocycles. The number of imidazole rings is 1. The molecule has 8 heteroatoms. The Labute approximate surface area is 201 Å². The number of carbonyl (C=O) groups excluding carboxylic acids is 1. The van der Waals surface area contributed by atoms with E-state index in [4.69, 9.17) is 9.72 Å². The van der Waals surface area contributed by atoms with Crippen molar-refractivity contribution in [3.63, 3.8) is 0 Å². The molecule has 0 unspecified atom stereocenters. The number of methoxy groups -OCH3 is 1. The number of benzene rings is 3. The van der Waals surface area contributed by atoms with Gasteiger partial charge in [0.2, 0.25) is 0 Å². The van der Waals surface area contributed by atoms with Crippen LogP contribution in [-0.4, -0.2) is 29.2 Å². The SMILES string of the molecule is COC(=O)CCCCCOc1ccc2nc(-c3ccccc3)n(-c3cccc(C(F)(F)F)c3)c2c1. The summed E-state index contributed by atoms with van der Waals surface area (Å²) in [6.07, 6.45) is -1.78. The van der Waals surface area contributed by atoms with Crippen molar-refractivity contribution in [1.29, 1.82) is 0 Å². The van der Waals surface area contributed by atoms with Crippen LogP contribution in [0.25, 0.3) is 28.1 Å². The van der Waals surface area contributed by atoms with Crippen LogP contribution in [0, 0.1) is 0 Å². The molecule has 0 N–H and O–H groups in total. The fourth-order valence-electron chi connectivity index (χ4n) is 3.85. The fraction of sp³-hybridized carbons (Fsp3) is 0.259. The van der Waals surface area contributed by atoms with Gasteiger partial charge >= 0.3 is 12.1 Å². The van der Waals surface area contributed by atoms with E-state index in [0.29, 0.717) is 41.3 Å². The first-order valence-electron chi connectivity index (χ1n) is 11.3. The van der Waals surface area contributed by atoms with Crippen molar-refractivity contribution in [2.24, 2.45) is 0 Å². The maximum Gasteiger partial charge on any atom is 0.416 e. The van der Waals surface area contributed by atoms with Gasteiger partial charge in [-0.2, -0.15) is 13.2 Å². The van der Waals surface area contributed by atoms with Gasteiger partial charge in [-0.25, -0.2) is 4.98 Å². The van der Waals surface area contributed by atoms with E-state index in [9.17, 15) is 18.0 Å². The minimum Gasteiger partial charge on any atom is -0.494 e. The molecule has 0 spiro atoms. The van der Waals surface area contributed by atoms with Crippen molar-refractivity contribution in [3.8, 4) is 22.8 Å². The molecule has 0 atom stereocenters. The smallest absolute Gasteiger partial charge is 0.416 e. The number of carbonyl (C=O) groups is 1. The van der Waals surface area contributed by atoms with Gasteiger partial charge in [-0.1, -0.05) is 36.4 Å². The van der Waals surface area contributed by atoms with Crippen LogP contribution in [0.5, 0.6) is 5.75 Å². The molecule has 0 amide bonds. The minimum absolute atomic E-state index is 0.228. The van der Waals surface area contributed by atoms with Crippen molar-refractivity contribution >= 4 is 17.0 Å². The Bertz CT molecular complexity index is 1300. The highest BCUT2D eigenvalue weighted by atomic mass is 19.4. The highest BCUT2D eigenvalue weighted by molar-refractivity contribution is 5.84. The number of rotatable bonds is 9. The second-order valence-corrected chi connectivity index (χ2v) is 8.07. The van der Waals surface area contributed by atoms with Gasteiger partial charge in [0.1, 0.15) is 11.6 Å². The van der Waals surface area contributed by atoms with E-state index in [1.54, 1.807) is 28.8 Å². The largest absolute Gasteiger partial charge is 0.494 e. The maximum atomic E-state index is 13.4. The first-order chi connectivity index (χ1) is 16.9. The predicted molar refractivity (Wildman–Crippen MR) is 127 cm³/mol.